The molecular weight excluding hydrogens is 435 g/mol. The molecule has 0 radical (unpaired) electrons. The van der Waals surface area contributed by atoms with E-state index in [1.807, 2.05) is 38.1 Å². The summed E-state index contributed by atoms with van der Waals surface area (Å²) in [4.78, 5) is 23.1. The molecule has 0 aliphatic heterocycles. The van der Waals surface area contributed by atoms with Crippen molar-refractivity contribution in [3.63, 3.8) is 0 Å². The van der Waals surface area contributed by atoms with E-state index in [4.69, 9.17) is 0 Å². The number of rotatable bonds is 7. The van der Waals surface area contributed by atoms with E-state index in [1.165, 1.54) is 23.5 Å². The molecule has 0 bridgehead atoms. The van der Waals surface area contributed by atoms with Gasteiger partial charge in [0.25, 0.3) is 5.91 Å². The van der Waals surface area contributed by atoms with Crippen molar-refractivity contribution in [2.45, 2.75) is 33.2 Å². The molecule has 7 heteroatoms. The van der Waals surface area contributed by atoms with Gasteiger partial charge in [-0.25, -0.2) is 14.4 Å². The van der Waals surface area contributed by atoms with E-state index in [0.29, 0.717) is 11.5 Å². The predicted molar refractivity (Wildman–Crippen MR) is 131 cm³/mol. The summed E-state index contributed by atoms with van der Waals surface area (Å²) >= 11 is 1.54. The van der Waals surface area contributed by atoms with E-state index in [0.717, 1.165) is 38.8 Å². The van der Waals surface area contributed by atoms with Crippen LogP contribution >= 0.6 is 11.3 Å². The Hall–Kier alpha value is -3.58. The molecule has 5 nitrogen and oxygen atoms in total. The van der Waals surface area contributed by atoms with Gasteiger partial charge >= 0.3 is 0 Å². The number of hydrogen-bond acceptors (Lipinski definition) is 5. The zero-order chi connectivity index (χ0) is 23.4. The lowest BCUT2D eigenvalue weighted by Gasteiger charge is -2.21. The molecule has 0 spiro atoms. The van der Waals surface area contributed by atoms with Crippen molar-refractivity contribution >= 4 is 28.2 Å². The van der Waals surface area contributed by atoms with Crippen LogP contribution in [-0.2, 0) is 6.42 Å². The lowest BCUT2D eigenvalue weighted by Crippen LogP contribution is -2.18. The second-order valence-electron chi connectivity index (χ2n) is 7.77. The van der Waals surface area contributed by atoms with Crippen LogP contribution in [0.3, 0.4) is 0 Å². The number of hydrogen-bond donors (Lipinski definition) is 2. The van der Waals surface area contributed by atoms with Crippen LogP contribution in [0, 0.1) is 19.7 Å². The standard InChI is InChI=1S/C26H25FN4OS/c1-4-21-15-22(25(33-21)31-24(32)19-8-6-5-7-9-19)23(18-10-12-20(27)13-11-18)30-26-28-16(2)14-17(3)29-26/h5-15,23H,4H2,1-3H3,(H,31,32)(H,28,29,30)/t23-/m0/s1. The average Bonchev–Trinajstić information content (AvgIpc) is 3.20. The van der Waals surface area contributed by atoms with Crippen LogP contribution in [0.5, 0.6) is 0 Å². The van der Waals surface area contributed by atoms with Crippen LogP contribution in [-0.4, -0.2) is 15.9 Å². The first-order valence-corrected chi connectivity index (χ1v) is 11.6. The summed E-state index contributed by atoms with van der Waals surface area (Å²) in [6, 6.07) is 19.1. The number of nitrogens with zero attached hydrogens (tertiary/aromatic N) is 2. The number of carbonyl (C=O) groups is 1. The molecule has 2 aromatic carbocycles. The third kappa shape index (κ3) is 5.43. The van der Waals surface area contributed by atoms with E-state index >= 15 is 0 Å². The molecule has 4 rings (SSSR count). The molecule has 4 aromatic rings. The maximum absolute atomic E-state index is 13.7. The van der Waals surface area contributed by atoms with Gasteiger partial charge in [0.1, 0.15) is 10.8 Å². The number of amides is 1. The highest BCUT2D eigenvalue weighted by Crippen LogP contribution is 2.38. The van der Waals surface area contributed by atoms with Crippen LogP contribution in [0.25, 0.3) is 0 Å². The maximum Gasteiger partial charge on any atom is 0.256 e. The molecular formula is C26H25FN4OS. The Morgan fingerprint density at radius 1 is 1.00 bits per heavy atom. The van der Waals surface area contributed by atoms with E-state index in [9.17, 15) is 9.18 Å². The summed E-state index contributed by atoms with van der Waals surface area (Å²) in [6.45, 7) is 5.90. The monoisotopic (exact) mass is 460 g/mol. The Bertz CT molecular complexity index is 1240. The number of thiophene rings is 1. The smallest absolute Gasteiger partial charge is 0.256 e. The van der Waals surface area contributed by atoms with Gasteiger partial charge in [0.15, 0.2) is 0 Å². The molecule has 168 valence electrons. The van der Waals surface area contributed by atoms with Crippen LogP contribution in [0.4, 0.5) is 15.3 Å². The number of nitrogens with one attached hydrogen (secondary N) is 2. The van der Waals surface area contributed by atoms with E-state index in [-0.39, 0.29) is 17.8 Å². The zero-order valence-corrected chi connectivity index (χ0v) is 19.5. The Balaban J connectivity index is 1.76. The number of carbonyl (C=O) groups excluding carboxylic acids is 1. The first kappa shape index (κ1) is 22.6. The molecule has 0 saturated carbocycles. The van der Waals surface area contributed by atoms with E-state index in [2.05, 4.69) is 33.6 Å². The minimum Gasteiger partial charge on any atom is -0.343 e. The SMILES string of the molecule is CCc1cc([C@@H](Nc2nc(C)cc(C)n2)c2ccc(F)cc2)c(NC(=O)c2ccccc2)s1. The maximum atomic E-state index is 13.7. The third-order valence-electron chi connectivity index (χ3n) is 5.19. The van der Waals surface area contributed by atoms with Gasteiger partial charge in [0.2, 0.25) is 5.95 Å². The van der Waals surface area contributed by atoms with E-state index < -0.39 is 0 Å². The summed E-state index contributed by atoms with van der Waals surface area (Å²) in [5, 5.41) is 7.23. The van der Waals surface area contributed by atoms with Gasteiger partial charge in [0, 0.05) is 27.4 Å². The quantitative estimate of drug-likeness (QED) is 0.339. The number of halogens is 1. The van der Waals surface area contributed by atoms with Crippen molar-refractivity contribution in [1.82, 2.24) is 9.97 Å². The molecule has 2 aromatic heterocycles. The number of aromatic nitrogens is 2. The summed E-state index contributed by atoms with van der Waals surface area (Å²) in [5.41, 5.74) is 4.00. The molecule has 0 aliphatic rings. The van der Waals surface area contributed by atoms with Gasteiger partial charge in [-0.05, 0) is 62.2 Å². The Labute approximate surface area is 196 Å². The summed E-state index contributed by atoms with van der Waals surface area (Å²) < 4.78 is 13.7. The lowest BCUT2D eigenvalue weighted by molar-refractivity contribution is 0.102. The lowest BCUT2D eigenvalue weighted by atomic mass is 9.99. The second kappa shape index (κ2) is 9.92. The van der Waals surface area contributed by atoms with Crippen molar-refractivity contribution in [2.75, 3.05) is 10.6 Å². The van der Waals surface area contributed by atoms with Crippen molar-refractivity contribution in [2.24, 2.45) is 0 Å². The zero-order valence-electron chi connectivity index (χ0n) is 18.7. The second-order valence-corrected chi connectivity index (χ2v) is 8.91. The predicted octanol–water partition coefficient (Wildman–Crippen LogP) is 6.31. The minimum absolute atomic E-state index is 0.179. The highest BCUT2D eigenvalue weighted by molar-refractivity contribution is 7.16. The normalized spacial score (nSPS) is 11.8. The number of anilines is 2. The molecule has 1 atom stereocenters. The van der Waals surface area contributed by atoms with Crippen molar-refractivity contribution in [3.8, 4) is 0 Å². The van der Waals surface area contributed by atoms with Crippen LogP contribution < -0.4 is 10.6 Å². The molecule has 33 heavy (non-hydrogen) atoms. The van der Waals surface area contributed by atoms with Crippen LogP contribution in [0.1, 0.15) is 50.7 Å². The highest BCUT2D eigenvalue weighted by atomic mass is 32.1. The molecule has 0 unspecified atom stereocenters. The van der Waals surface area contributed by atoms with Gasteiger partial charge < -0.3 is 10.6 Å². The van der Waals surface area contributed by atoms with Gasteiger partial charge in [-0.1, -0.05) is 37.3 Å². The molecule has 0 fully saturated rings. The number of aryl methyl sites for hydroxylation is 3. The average molecular weight is 461 g/mol. The summed E-state index contributed by atoms with van der Waals surface area (Å²) in [7, 11) is 0. The fourth-order valence-electron chi connectivity index (χ4n) is 3.63. The first-order valence-electron chi connectivity index (χ1n) is 10.8. The Morgan fingerprint density at radius 3 is 2.30 bits per heavy atom. The van der Waals surface area contributed by atoms with Crippen LogP contribution in [0.15, 0.2) is 66.7 Å². The summed E-state index contributed by atoms with van der Waals surface area (Å²) in [5.74, 6) is -0.00871. The van der Waals surface area contributed by atoms with Gasteiger partial charge in [0.05, 0.1) is 6.04 Å². The third-order valence-corrected chi connectivity index (χ3v) is 6.40. The highest BCUT2D eigenvalue weighted by Gasteiger charge is 2.23. The van der Waals surface area contributed by atoms with Gasteiger partial charge in [-0.2, -0.15) is 0 Å². The molecule has 2 N–H and O–H groups in total. The fourth-order valence-corrected chi connectivity index (χ4v) is 4.66. The van der Waals surface area contributed by atoms with Crippen molar-refractivity contribution in [1.29, 1.82) is 0 Å². The Kier molecular flexibility index (Phi) is 6.79. The topological polar surface area (TPSA) is 66.9 Å². The summed E-state index contributed by atoms with van der Waals surface area (Å²) in [6.07, 6.45) is 0.828. The minimum atomic E-state index is -0.380. The van der Waals surface area contributed by atoms with Crippen molar-refractivity contribution < 1.29 is 9.18 Å². The fraction of sp³-hybridized carbons (Fsp3) is 0.192. The largest absolute Gasteiger partial charge is 0.343 e. The molecule has 0 saturated heterocycles. The van der Waals surface area contributed by atoms with Crippen molar-refractivity contribution in [3.05, 3.63) is 106 Å². The van der Waals surface area contributed by atoms with Gasteiger partial charge in [-0.3, -0.25) is 4.79 Å². The molecule has 2 heterocycles. The molecule has 0 aliphatic carbocycles. The first-order chi connectivity index (χ1) is 15.9. The Morgan fingerprint density at radius 2 is 1.67 bits per heavy atom. The van der Waals surface area contributed by atoms with Gasteiger partial charge in [-0.15, -0.1) is 11.3 Å². The number of benzene rings is 2. The van der Waals surface area contributed by atoms with Crippen LogP contribution in [0.2, 0.25) is 0 Å². The molecule has 1 amide bonds. The van der Waals surface area contributed by atoms with E-state index in [1.54, 1.807) is 24.3 Å².